The van der Waals surface area contributed by atoms with Crippen LogP contribution < -0.4 is 14.4 Å². The first-order valence-corrected chi connectivity index (χ1v) is 9.74. The molecular weight excluding hydrogens is 364 g/mol. The number of benzene rings is 2. The van der Waals surface area contributed by atoms with Crippen molar-refractivity contribution >= 4 is 11.6 Å². The minimum absolute atomic E-state index is 0.0333. The highest BCUT2D eigenvalue weighted by Crippen LogP contribution is 2.30. The molecule has 0 saturated carbocycles. The number of anilines is 1. The molecule has 0 unspecified atom stereocenters. The molecule has 2 aromatic carbocycles. The van der Waals surface area contributed by atoms with Crippen LogP contribution in [0.5, 0.6) is 11.5 Å². The van der Waals surface area contributed by atoms with E-state index in [0.29, 0.717) is 13.0 Å². The average Bonchev–Trinajstić information content (AvgIpc) is 3.12. The van der Waals surface area contributed by atoms with Gasteiger partial charge < -0.3 is 14.4 Å². The van der Waals surface area contributed by atoms with Gasteiger partial charge >= 0.3 is 0 Å². The van der Waals surface area contributed by atoms with Crippen molar-refractivity contribution in [2.24, 2.45) is 0 Å². The normalized spacial score (nSPS) is 14.8. The van der Waals surface area contributed by atoms with Crippen LogP contribution in [0, 0.1) is 0 Å². The van der Waals surface area contributed by atoms with Crippen LogP contribution in [0.2, 0.25) is 0 Å². The van der Waals surface area contributed by atoms with Crippen molar-refractivity contribution in [2.45, 2.75) is 32.4 Å². The molecule has 0 spiro atoms. The van der Waals surface area contributed by atoms with Gasteiger partial charge in [0.25, 0.3) is 0 Å². The van der Waals surface area contributed by atoms with Crippen LogP contribution in [-0.4, -0.2) is 24.1 Å². The maximum Gasteiger partial charge on any atom is 0.231 e. The molecule has 0 N–H and O–H groups in total. The lowest BCUT2D eigenvalue weighted by atomic mass is 10.0. The van der Waals surface area contributed by atoms with Gasteiger partial charge in [-0.15, -0.1) is 0 Å². The Morgan fingerprint density at radius 2 is 2.00 bits per heavy atom. The number of nitrogens with zero attached hydrogens (tertiary/aromatic N) is 2. The van der Waals surface area contributed by atoms with E-state index in [1.54, 1.807) is 24.4 Å². The van der Waals surface area contributed by atoms with E-state index in [9.17, 15) is 4.79 Å². The van der Waals surface area contributed by atoms with Crippen LogP contribution in [0.15, 0.2) is 67.0 Å². The Morgan fingerprint density at radius 1 is 1.17 bits per heavy atom. The molecule has 29 heavy (non-hydrogen) atoms. The number of ether oxygens (including phenoxy) is 2. The summed E-state index contributed by atoms with van der Waals surface area (Å²) in [7, 11) is 1.63. The highest BCUT2D eigenvalue weighted by Gasteiger charge is 2.21. The number of carbonyl (C=O) groups excluding carboxylic acids is 1. The van der Waals surface area contributed by atoms with Crippen molar-refractivity contribution < 1.29 is 14.3 Å². The number of carbonyl (C=O) groups is 1. The molecule has 5 heteroatoms. The quantitative estimate of drug-likeness (QED) is 0.635. The van der Waals surface area contributed by atoms with Gasteiger partial charge in [-0.3, -0.25) is 9.78 Å². The molecule has 0 bridgehead atoms. The van der Waals surface area contributed by atoms with Gasteiger partial charge in [0.15, 0.2) is 0 Å². The van der Waals surface area contributed by atoms with Crippen molar-refractivity contribution in [1.82, 2.24) is 4.98 Å². The van der Waals surface area contributed by atoms with Crippen LogP contribution in [0.4, 0.5) is 5.69 Å². The zero-order chi connectivity index (χ0) is 20.2. The fourth-order valence-corrected chi connectivity index (χ4v) is 3.62. The molecule has 0 aliphatic carbocycles. The van der Waals surface area contributed by atoms with Crippen LogP contribution in [0.1, 0.15) is 23.6 Å². The Hall–Kier alpha value is -3.34. The summed E-state index contributed by atoms with van der Waals surface area (Å²) < 4.78 is 11.0. The summed E-state index contributed by atoms with van der Waals surface area (Å²) in [5, 5.41) is 0. The summed E-state index contributed by atoms with van der Waals surface area (Å²) in [6, 6.07) is 17.5. The summed E-state index contributed by atoms with van der Waals surface area (Å²) in [5.41, 5.74) is 3.98. The van der Waals surface area contributed by atoms with E-state index in [0.717, 1.165) is 34.7 Å². The molecule has 0 saturated heterocycles. The largest absolute Gasteiger partial charge is 0.497 e. The maximum absolute atomic E-state index is 13.3. The smallest absolute Gasteiger partial charge is 0.231 e. The summed E-state index contributed by atoms with van der Waals surface area (Å²) >= 11 is 0. The predicted molar refractivity (Wildman–Crippen MR) is 112 cm³/mol. The van der Waals surface area contributed by atoms with Crippen LogP contribution in [0.3, 0.4) is 0 Å². The SMILES string of the molecule is COc1ccc(N(Cc2cccnc2)C(=O)Cc2ccc3c(c2)C[C@@H](C)O3)cc1. The summed E-state index contributed by atoms with van der Waals surface area (Å²) in [4.78, 5) is 19.3. The number of amides is 1. The number of pyridine rings is 1. The first-order valence-electron chi connectivity index (χ1n) is 9.74. The topological polar surface area (TPSA) is 51.7 Å². The van der Waals surface area contributed by atoms with E-state index in [-0.39, 0.29) is 12.0 Å². The molecule has 1 atom stereocenters. The van der Waals surface area contributed by atoms with E-state index in [4.69, 9.17) is 9.47 Å². The molecule has 5 nitrogen and oxygen atoms in total. The number of hydrogen-bond donors (Lipinski definition) is 0. The van der Waals surface area contributed by atoms with E-state index >= 15 is 0 Å². The number of rotatable bonds is 6. The van der Waals surface area contributed by atoms with E-state index in [1.807, 2.05) is 48.5 Å². The van der Waals surface area contributed by atoms with E-state index in [2.05, 4.69) is 18.0 Å². The third-order valence-corrected chi connectivity index (χ3v) is 5.06. The Balaban J connectivity index is 1.58. The minimum Gasteiger partial charge on any atom is -0.497 e. The lowest BCUT2D eigenvalue weighted by Gasteiger charge is -2.23. The Labute approximate surface area is 170 Å². The first kappa shape index (κ1) is 19.0. The summed E-state index contributed by atoms with van der Waals surface area (Å²) in [6.07, 6.45) is 4.93. The van der Waals surface area contributed by atoms with Crippen molar-refractivity contribution in [2.75, 3.05) is 12.0 Å². The zero-order valence-electron chi connectivity index (χ0n) is 16.7. The molecule has 0 fully saturated rings. The van der Waals surface area contributed by atoms with E-state index < -0.39 is 0 Å². The predicted octanol–water partition coefficient (Wildman–Crippen LogP) is 4.19. The molecule has 3 aromatic rings. The molecule has 1 aliphatic heterocycles. The maximum atomic E-state index is 13.3. The second-order valence-electron chi connectivity index (χ2n) is 7.29. The zero-order valence-corrected chi connectivity index (χ0v) is 16.7. The van der Waals surface area contributed by atoms with E-state index in [1.165, 1.54) is 5.56 Å². The van der Waals surface area contributed by atoms with Gasteiger partial charge in [-0.05, 0) is 60.0 Å². The van der Waals surface area contributed by atoms with Gasteiger partial charge in [-0.25, -0.2) is 0 Å². The lowest BCUT2D eigenvalue weighted by Crippen LogP contribution is -2.31. The Kier molecular flexibility index (Phi) is 5.47. The van der Waals surface area contributed by atoms with Crippen molar-refractivity contribution in [3.63, 3.8) is 0 Å². The first-order chi connectivity index (χ1) is 14.1. The third-order valence-electron chi connectivity index (χ3n) is 5.06. The number of hydrogen-bond acceptors (Lipinski definition) is 4. The standard InChI is InChI=1S/C24H24N2O3/c1-17-12-20-13-18(5-10-23(20)29-17)14-24(27)26(16-19-4-3-11-25-15-19)21-6-8-22(28-2)9-7-21/h3-11,13,15,17H,12,14,16H2,1-2H3/t17-/m1/s1. The fraction of sp³-hybridized carbons (Fsp3) is 0.250. The highest BCUT2D eigenvalue weighted by atomic mass is 16.5. The highest BCUT2D eigenvalue weighted by molar-refractivity contribution is 5.94. The number of methoxy groups -OCH3 is 1. The Bertz CT molecular complexity index is 987. The average molecular weight is 388 g/mol. The van der Waals surface area contributed by atoms with Crippen LogP contribution in [-0.2, 0) is 24.2 Å². The molecule has 1 aliphatic rings. The minimum atomic E-state index is 0.0333. The molecular formula is C24H24N2O3. The van der Waals surface area contributed by atoms with Gasteiger partial charge in [-0.1, -0.05) is 18.2 Å². The molecule has 2 heterocycles. The molecule has 148 valence electrons. The molecule has 0 radical (unpaired) electrons. The Morgan fingerprint density at radius 3 is 2.72 bits per heavy atom. The molecule has 4 rings (SSSR count). The van der Waals surface area contributed by atoms with Crippen LogP contribution in [0.25, 0.3) is 0 Å². The lowest BCUT2D eigenvalue weighted by molar-refractivity contribution is -0.118. The molecule has 1 aromatic heterocycles. The second kappa shape index (κ2) is 8.35. The van der Waals surface area contributed by atoms with Gasteiger partial charge in [-0.2, -0.15) is 0 Å². The van der Waals surface area contributed by atoms with Crippen molar-refractivity contribution in [3.05, 3.63) is 83.7 Å². The van der Waals surface area contributed by atoms with Gasteiger partial charge in [0.2, 0.25) is 5.91 Å². The van der Waals surface area contributed by atoms with Crippen molar-refractivity contribution in [1.29, 1.82) is 0 Å². The number of aromatic nitrogens is 1. The number of fused-ring (bicyclic) bond motifs is 1. The van der Waals surface area contributed by atoms with Crippen molar-refractivity contribution in [3.8, 4) is 11.5 Å². The fourth-order valence-electron chi connectivity index (χ4n) is 3.62. The summed E-state index contributed by atoms with van der Waals surface area (Å²) in [5.74, 6) is 1.72. The second-order valence-corrected chi connectivity index (χ2v) is 7.29. The van der Waals surface area contributed by atoms with Gasteiger partial charge in [0.1, 0.15) is 17.6 Å². The molecule has 1 amide bonds. The van der Waals surface area contributed by atoms with Crippen LogP contribution >= 0.6 is 0 Å². The third kappa shape index (κ3) is 4.40. The summed E-state index contributed by atoms with van der Waals surface area (Å²) in [6.45, 7) is 2.52. The van der Waals surface area contributed by atoms with Gasteiger partial charge in [0, 0.05) is 24.5 Å². The monoisotopic (exact) mass is 388 g/mol. The van der Waals surface area contributed by atoms with Gasteiger partial charge in [0.05, 0.1) is 20.1 Å².